The number of hydrogen-bond acceptors (Lipinski definition) is 3. The highest BCUT2D eigenvalue weighted by Crippen LogP contribution is 2.21. The minimum atomic E-state index is -1.10. The van der Waals surface area contributed by atoms with E-state index in [0.717, 1.165) is 0 Å². The van der Waals surface area contributed by atoms with Crippen molar-refractivity contribution in [3.8, 4) is 0 Å². The summed E-state index contributed by atoms with van der Waals surface area (Å²) in [5, 5.41) is 11.5. The maximum Gasteiger partial charge on any atom is 0.337 e. The summed E-state index contributed by atoms with van der Waals surface area (Å²) in [5.74, 6) is -1.26. The molecule has 0 spiro atoms. The molecule has 0 bridgehead atoms. The first-order valence-corrected chi connectivity index (χ1v) is 5.74. The average molecular weight is 272 g/mol. The predicted octanol–water partition coefficient (Wildman–Crippen LogP) is 2.40. The first-order valence-electron chi connectivity index (χ1n) is 5.36. The largest absolute Gasteiger partial charge is 0.478 e. The van der Waals surface area contributed by atoms with Crippen LogP contribution in [0.1, 0.15) is 23.2 Å². The first-order chi connectivity index (χ1) is 8.54. The number of aromatic carboxylic acids is 1. The quantitative estimate of drug-likeness (QED) is 0.779. The Bertz CT molecular complexity index is 448. The Balaban J connectivity index is 2.60. The van der Waals surface area contributed by atoms with Crippen LogP contribution < -0.4 is 5.32 Å². The van der Waals surface area contributed by atoms with Crippen molar-refractivity contribution in [1.29, 1.82) is 0 Å². The second-order valence-corrected chi connectivity index (χ2v) is 4.05. The van der Waals surface area contributed by atoms with Crippen molar-refractivity contribution in [2.24, 2.45) is 0 Å². The van der Waals surface area contributed by atoms with Gasteiger partial charge in [-0.25, -0.2) is 4.79 Å². The monoisotopic (exact) mass is 271 g/mol. The maximum absolute atomic E-state index is 11.5. The minimum Gasteiger partial charge on any atom is -0.478 e. The Labute approximate surface area is 110 Å². The van der Waals surface area contributed by atoms with Crippen LogP contribution in [0.15, 0.2) is 18.2 Å². The van der Waals surface area contributed by atoms with Gasteiger partial charge in [-0.15, -0.1) is 0 Å². The number of carboxylic acids is 1. The lowest BCUT2D eigenvalue weighted by molar-refractivity contribution is -0.116. The number of carbonyl (C=O) groups excluding carboxylic acids is 1. The average Bonchev–Trinajstić information content (AvgIpc) is 2.28. The van der Waals surface area contributed by atoms with Crippen LogP contribution >= 0.6 is 11.6 Å². The van der Waals surface area contributed by atoms with Crippen molar-refractivity contribution in [3.63, 3.8) is 0 Å². The number of rotatable bonds is 6. The summed E-state index contributed by atoms with van der Waals surface area (Å²) in [6.45, 7) is 0.520. The summed E-state index contributed by atoms with van der Waals surface area (Å²) >= 11 is 5.78. The smallest absolute Gasteiger partial charge is 0.337 e. The molecule has 1 aromatic rings. The predicted molar refractivity (Wildman–Crippen MR) is 68.2 cm³/mol. The zero-order chi connectivity index (χ0) is 13.5. The molecule has 18 heavy (non-hydrogen) atoms. The molecule has 0 aromatic heterocycles. The topological polar surface area (TPSA) is 75.6 Å². The Morgan fingerprint density at radius 1 is 1.44 bits per heavy atom. The number of anilines is 1. The molecule has 0 atom stereocenters. The van der Waals surface area contributed by atoms with Crippen molar-refractivity contribution >= 4 is 29.2 Å². The van der Waals surface area contributed by atoms with Gasteiger partial charge in [0.05, 0.1) is 10.6 Å². The standard InChI is InChI=1S/C12H14ClNO4/c1-18-6-2-3-11(15)14-8-4-5-9(12(16)17)10(13)7-8/h4-5,7H,2-3,6H2,1H3,(H,14,15)(H,16,17). The molecule has 0 unspecified atom stereocenters. The SMILES string of the molecule is COCCCC(=O)Nc1ccc(C(=O)O)c(Cl)c1. The second kappa shape index (κ2) is 6.98. The minimum absolute atomic E-state index is 0.00838. The van der Waals surface area contributed by atoms with E-state index in [0.29, 0.717) is 25.1 Å². The Kier molecular flexibility index (Phi) is 5.61. The van der Waals surface area contributed by atoms with Gasteiger partial charge in [0.2, 0.25) is 5.91 Å². The van der Waals surface area contributed by atoms with E-state index in [2.05, 4.69) is 5.32 Å². The van der Waals surface area contributed by atoms with Crippen LogP contribution in [0.4, 0.5) is 5.69 Å². The van der Waals surface area contributed by atoms with Gasteiger partial charge < -0.3 is 15.2 Å². The molecule has 98 valence electrons. The van der Waals surface area contributed by atoms with E-state index in [4.69, 9.17) is 21.4 Å². The van der Waals surface area contributed by atoms with Crippen LogP contribution in [0.2, 0.25) is 5.02 Å². The molecular weight excluding hydrogens is 258 g/mol. The van der Waals surface area contributed by atoms with Crippen molar-refractivity contribution < 1.29 is 19.4 Å². The van der Waals surface area contributed by atoms with Crippen LogP contribution in [0.5, 0.6) is 0 Å². The molecule has 0 aliphatic carbocycles. The first kappa shape index (κ1) is 14.5. The number of ether oxygens (including phenoxy) is 1. The van der Waals surface area contributed by atoms with E-state index in [9.17, 15) is 9.59 Å². The molecule has 0 heterocycles. The van der Waals surface area contributed by atoms with E-state index in [-0.39, 0.29) is 16.5 Å². The summed E-state index contributed by atoms with van der Waals surface area (Å²) in [6.07, 6.45) is 0.968. The normalized spacial score (nSPS) is 10.1. The van der Waals surface area contributed by atoms with Gasteiger partial charge in [-0.2, -0.15) is 0 Å². The number of benzene rings is 1. The number of amides is 1. The zero-order valence-corrected chi connectivity index (χ0v) is 10.7. The number of nitrogens with one attached hydrogen (secondary N) is 1. The summed E-state index contributed by atoms with van der Waals surface area (Å²) in [4.78, 5) is 22.2. The summed E-state index contributed by atoms with van der Waals surface area (Å²) in [7, 11) is 1.57. The summed E-state index contributed by atoms with van der Waals surface area (Å²) in [6, 6.07) is 4.28. The third-order valence-corrected chi connectivity index (χ3v) is 2.55. The van der Waals surface area contributed by atoms with Gasteiger partial charge in [-0.3, -0.25) is 4.79 Å². The molecule has 0 aliphatic heterocycles. The fourth-order valence-electron chi connectivity index (χ4n) is 1.37. The van der Waals surface area contributed by atoms with Crippen LogP contribution in [0, 0.1) is 0 Å². The lowest BCUT2D eigenvalue weighted by atomic mass is 10.2. The lowest BCUT2D eigenvalue weighted by Gasteiger charge is -2.06. The highest BCUT2D eigenvalue weighted by Gasteiger charge is 2.10. The van der Waals surface area contributed by atoms with Crippen LogP contribution in [0.3, 0.4) is 0 Å². The molecule has 5 nitrogen and oxygen atoms in total. The number of methoxy groups -OCH3 is 1. The van der Waals surface area contributed by atoms with Crippen LogP contribution in [0.25, 0.3) is 0 Å². The molecule has 0 aliphatic rings. The van der Waals surface area contributed by atoms with Gasteiger partial charge in [-0.05, 0) is 24.6 Å². The Morgan fingerprint density at radius 2 is 2.17 bits per heavy atom. The number of carboxylic acid groups (broad SMARTS) is 1. The molecule has 0 saturated heterocycles. The van der Waals surface area contributed by atoms with Gasteiger partial charge in [0.25, 0.3) is 0 Å². The third kappa shape index (κ3) is 4.35. The summed E-state index contributed by atoms with van der Waals surface area (Å²) < 4.78 is 4.84. The van der Waals surface area contributed by atoms with Gasteiger partial charge in [-0.1, -0.05) is 11.6 Å². The van der Waals surface area contributed by atoms with E-state index in [1.165, 1.54) is 18.2 Å². The van der Waals surface area contributed by atoms with E-state index >= 15 is 0 Å². The van der Waals surface area contributed by atoms with Crippen molar-refractivity contribution in [2.45, 2.75) is 12.8 Å². The highest BCUT2D eigenvalue weighted by molar-refractivity contribution is 6.33. The number of carbonyl (C=O) groups is 2. The van der Waals surface area contributed by atoms with Crippen molar-refractivity contribution in [3.05, 3.63) is 28.8 Å². The van der Waals surface area contributed by atoms with E-state index in [1.54, 1.807) is 7.11 Å². The number of hydrogen-bond donors (Lipinski definition) is 2. The highest BCUT2D eigenvalue weighted by atomic mass is 35.5. The molecule has 2 N–H and O–H groups in total. The lowest BCUT2D eigenvalue weighted by Crippen LogP contribution is -2.12. The zero-order valence-electron chi connectivity index (χ0n) is 9.90. The summed E-state index contributed by atoms with van der Waals surface area (Å²) in [5.41, 5.74) is 0.487. The Morgan fingerprint density at radius 3 is 2.72 bits per heavy atom. The Hall–Kier alpha value is -1.59. The molecule has 0 fully saturated rings. The van der Waals surface area contributed by atoms with Crippen molar-refractivity contribution in [2.75, 3.05) is 19.0 Å². The van der Waals surface area contributed by atoms with Gasteiger partial charge in [0.1, 0.15) is 0 Å². The molecule has 0 saturated carbocycles. The third-order valence-electron chi connectivity index (χ3n) is 2.24. The molecule has 1 rings (SSSR count). The van der Waals surface area contributed by atoms with Gasteiger partial charge >= 0.3 is 5.97 Å². The maximum atomic E-state index is 11.5. The van der Waals surface area contributed by atoms with Gasteiger partial charge in [0, 0.05) is 25.8 Å². The van der Waals surface area contributed by atoms with E-state index < -0.39 is 5.97 Å². The van der Waals surface area contributed by atoms with Crippen LogP contribution in [-0.2, 0) is 9.53 Å². The fraction of sp³-hybridized carbons (Fsp3) is 0.333. The van der Waals surface area contributed by atoms with E-state index in [1.807, 2.05) is 0 Å². The van der Waals surface area contributed by atoms with Gasteiger partial charge in [0.15, 0.2) is 0 Å². The molecule has 1 aromatic carbocycles. The molecular formula is C12H14ClNO4. The fourth-order valence-corrected chi connectivity index (χ4v) is 1.63. The van der Waals surface area contributed by atoms with Crippen molar-refractivity contribution in [1.82, 2.24) is 0 Å². The second-order valence-electron chi connectivity index (χ2n) is 3.64. The molecule has 6 heteroatoms. The molecule has 0 radical (unpaired) electrons. The number of halogens is 1. The molecule has 1 amide bonds. The van der Waals surface area contributed by atoms with Crippen LogP contribution in [-0.4, -0.2) is 30.7 Å².